The van der Waals surface area contributed by atoms with E-state index in [9.17, 15) is 13.2 Å². The Kier molecular flexibility index (Phi) is 4.60. The Labute approximate surface area is 157 Å². The summed E-state index contributed by atoms with van der Waals surface area (Å²) in [6.45, 7) is 1.83. The monoisotopic (exact) mass is 391 g/mol. The van der Waals surface area contributed by atoms with Gasteiger partial charge in [-0.15, -0.1) is 11.3 Å². The third kappa shape index (κ3) is 3.07. The summed E-state index contributed by atoms with van der Waals surface area (Å²) in [6.07, 6.45) is 1.44. The van der Waals surface area contributed by atoms with E-state index in [1.807, 2.05) is 24.3 Å². The Bertz CT molecular complexity index is 939. The van der Waals surface area contributed by atoms with Crippen LogP contribution in [-0.4, -0.2) is 49.2 Å². The van der Waals surface area contributed by atoms with Crippen LogP contribution in [0.2, 0.25) is 0 Å². The molecule has 1 aromatic carbocycles. The zero-order valence-corrected chi connectivity index (χ0v) is 15.9. The van der Waals surface area contributed by atoms with E-state index in [2.05, 4.69) is 0 Å². The molecule has 2 N–H and O–H groups in total. The van der Waals surface area contributed by atoms with Crippen molar-refractivity contribution in [3.8, 4) is 0 Å². The van der Waals surface area contributed by atoms with Gasteiger partial charge in [0, 0.05) is 32.2 Å². The Morgan fingerprint density at radius 2 is 1.92 bits per heavy atom. The summed E-state index contributed by atoms with van der Waals surface area (Å²) in [5.74, 6) is -0.232. The number of sulfonamides is 1. The van der Waals surface area contributed by atoms with Gasteiger partial charge in [-0.2, -0.15) is 4.31 Å². The van der Waals surface area contributed by atoms with Gasteiger partial charge in [-0.3, -0.25) is 4.79 Å². The molecule has 0 spiro atoms. The number of fused-ring (bicyclic) bond motifs is 1. The van der Waals surface area contributed by atoms with Crippen molar-refractivity contribution in [1.29, 1.82) is 0 Å². The van der Waals surface area contributed by atoms with Crippen molar-refractivity contribution in [3.05, 3.63) is 51.7 Å². The number of nitrogens with two attached hydrogens (primary N) is 1. The van der Waals surface area contributed by atoms with Crippen molar-refractivity contribution >= 4 is 27.3 Å². The van der Waals surface area contributed by atoms with Gasteiger partial charge in [0.1, 0.15) is 9.77 Å². The summed E-state index contributed by atoms with van der Waals surface area (Å²) >= 11 is 1.18. The third-order valence-electron chi connectivity index (χ3n) is 5.05. The van der Waals surface area contributed by atoms with Gasteiger partial charge >= 0.3 is 0 Å². The van der Waals surface area contributed by atoms with Gasteiger partial charge in [0.25, 0.3) is 5.91 Å². The molecule has 1 fully saturated rings. The van der Waals surface area contributed by atoms with Crippen LogP contribution < -0.4 is 5.73 Å². The first kappa shape index (κ1) is 17.7. The van der Waals surface area contributed by atoms with E-state index in [0.717, 1.165) is 12.0 Å². The average Bonchev–Trinajstić information content (AvgIpc) is 3.30. The van der Waals surface area contributed by atoms with Crippen LogP contribution in [0.3, 0.4) is 0 Å². The average molecular weight is 392 g/mol. The first-order valence-corrected chi connectivity index (χ1v) is 11.0. The van der Waals surface area contributed by atoms with Crippen molar-refractivity contribution < 1.29 is 13.2 Å². The first-order valence-electron chi connectivity index (χ1n) is 8.66. The number of nitrogens with zero attached hydrogens (tertiary/aromatic N) is 2. The molecule has 8 heteroatoms. The van der Waals surface area contributed by atoms with Crippen LogP contribution in [0.4, 0.5) is 0 Å². The smallest absolute Gasteiger partial charge is 0.265 e. The van der Waals surface area contributed by atoms with Gasteiger partial charge in [-0.05, 0) is 35.4 Å². The molecule has 1 atom stereocenters. The van der Waals surface area contributed by atoms with E-state index in [4.69, 9.17) is 5.73 Å². The van der Waals surface area contributed by atoms with Crippen molar-refractivity contribution in [2.75, 3.05) is 19.6 Å². The lowest BCUT2D eigenvalue weighted by atomic mass is 10.0. The summed E-state index contributed by atoms with van der Waals surface area (Å²) in [6, 6.07) is 9.41. The lowest BCUT2D eigenvalue weighted by Gasteiger charge is -2.28. The molecule has 1 saturated heterocycles. The molecule has 2 aliphatic heterocycles. The topological polar surface area (TPSA) is 83.7 Å². The van der Waals surface area contributed by atoms with E-state index in [-0.39, 0.29) is 21.7 Å². The third-order valence-corrected chi connectivity index (χ3v) is 7.97. The van der Waals surface area contributed by atoms with Gasteiger partial charge in [-0.25, -0.2) is 8.42 Å². The molecule has 2 aromatic rings. The molecule has 3 heterocycles. The van der Waals surface area contributed by atoms with Gasteiger partial charge in [0.2, 0.25) is 10.0 Å². The fourth-order valence-corrected chi connectivity index (χ4v) is 6.37. The number of rotatable bonds is 3. The number of benzene rings is 1. The molecular weight excluding hydrogens is 370 g/mol. The predicted octanol–water partition coefficient (Wildman–Crippen LogP) is 1.67. The van der Waals surface area contributed by atoms with Crippen LogP contribution in [0, 0.1) is 0 Å². The second-order valence-electron chi connectivity index (χ2n) is 6.77. The second kappa shape index (κ2) is 6.77. The Hall–Kier alpha value is -1.74. The molecule has 26 heavy (non-hydrogen) atoms. The van der Waals surface area contributed by atoms with Crippen molar-refractivity contribution in [1.82, 2.24) is 9.21 Å². The van der Waals surface area contributed by atoms with Crippen molar-refractivity contribution in [2.45, 2.75) is 30.3 Å². The quantitative estimate of drug-likeness (QED) is 0.863. The fraction of sp³-hybridized carbons (Fsp3) is 0.389. The molecule has 0 aliphatic carbocycles. The van der Waals surface area contributed by atoms with E-state index in [1.54, 1.807) is 16.3 Å². The highest BCUT2D eigenvalue weighted by Gasteiger charge is 2.34. The maximum atomic E-state index is 13.2. The van der Waals surface area contributed by atoms with Crippen LogP contribution >= 0.6 is 11.3 Å². The lowest BCUT2D eigenvalue weighted by molar-refractivity contribution is 0.0792. The minimum atomic E-state index is -3.72. The van der Waals surface area contributed by atoms with Crippen molar-refractivity contribution in [2.24, 2.45) is 5.73 Å². The number of likely N-dealkylation sites (tertiary alicyclic amines) is 1. The fourth-order valence-electron chi connectivity index (χ4n) is 3.59. The lowest BCUT2D eigenvalue weighted by Crippen LogP contribution is -2.37. The number of carbonyl (C=O) groups is 1. The highest BCUT2D eigenvalue weighted by atomic mass is 32.2. The molecule has 2 aliphatic rings. The molecule has 0 bridgehead atoms. The van der Waals surface area contributed by atoms with Crippen LogP contribution in [0.5, 0.6) is 0 Å². The highest BCUT2D eigenvalue weighted by Crippen LogP contribution is 2.30. The van der Waals surface area contributed by atoms with E-state index >= 15 is 0 Å². The summed E-state index contributed by atoms with van der Waals surface area (Å²) in [7, 11) is -3.72. The number of amides is 1. The molecule has 138 valence electrons. The highest BCUT2D eigenvalue weighted by molar-refractivity contribution is 7.89. The first-order chi connectivity index (χ1) is 12.5. The summed E-state index contributed by atoms with van der Waals surface area (Å²) < 4.78 is 27.9. The van der Waals surface area contributed by atoms with E-state index < -0.39 is 10.0 Å². The largest absolute Gasteiger partial charge is 0.336 e. The van der Waals surface area contributed by atoms with Gasteiger partial charge in [-0.1, -0.05) is 24.3 Å². The van der Waals surface area contributed by atoms with Crippen LogP contribution in [0.1, 0.15) is 27.2 Å². The molecule has 0 saturated carbocycles. The maximum absolute atomic E-state index is 13.2. The number of hydrogen-bond donors (Lipinski definition) is 1. The molecule has 6 nitrogen and oxygen atoms in total. The predicted molar refractivity (Wildman–Crippen MR) is 101 cm³/mol. The van der Waals surface area contributed by atoms with E-state index in [0.29, 0.717) is 32.6 Å². The van der Waals surface area contributed by atoms with Crippen molar-refractivity contribution in [3.63, 3.8) is 0 Å². The second-order valence-corrected chi connectivity index (χ2v) is 9.59. The number of thiophene rings is 1. The molecule has 1 unspecified atom stereocenters. The van der Waals surface area contributed by atoms with Gasteiger partial charge in [0.15, 0.2) is 0 Å². The summed E-state index contributed by atoms with van der Waals surface area (Å²) in [5, 5.41) is 1.67. The molecular formula is C18H21N3O3S2. The minimum Gasteiger partial charge on any atom is -0.336 e. The summed E-state index contributed by atoms with van der Waals surface area (Å²) in [5.41, 5.74) is 8.10. The van der Waals surface area contributed by atoms with Gasteiger partial charge < -0.3 is 10.6 Å². The molecule has 0 radical (unpaired) electrons. The Morgan fingerprint density at radius 1 is 1.15 bits per heavy atom. The normalized spacial score (nSPS) is 21.0. The molecule has 1 aromatic heterocycles. The minimum absolute atomic E-state index is 0.0300. The zero-order chi connectivity index (χ0) is 18.3. The SMILES string of the molecule is NC1CCN(C(=O)c2sccc2S(=O)(=O)N2CCc3ccccc3C2)C1. The van der Waals surface area contributed by atoms with Crippen LogP contribution in [0.25, 0.3) is 0 Å². The Morgan fingerprint density at radius 3 is 2.65 bits per heavy atom. The summed E-state index contributed by atoms with van der Waals surface area (Å²) in [4.78, 5) is 14.9. The zero-order valence-electron chi connectivity index (χ0n) is 14.3. The molecule has 4 rings (SSSR count). The van der Waals surface area contributed by atoms with E-state index in [1.165, 1.54) is 21.2 Å². The van der Waals surface area contributed by atoms with Gasteiger partial charge in [0.05, 0.1) is 0 Å². The van der Waals surface area contributed by atoms with Crippen LogP contribution in [-0.2, 0) is 23.0 Å². The number of carbonyl (C=O) groups excluding carboxylic acids is 1. The Balaban J connectivity index is 1.62. The standard InChI is InChI=1S/C18H21N3O3S2/c19-15-6-8-20(12-15)18(22)17-16(7-10-25-17)26(23,24)21-9-5-13-3-1-2-4-14(13)11-21/h1-4,7,10,15H,5-6,8-9,11-12,19H2. The maximum Gasteiger partial charge on any atom is 0.265 e. The van der Waals surface area contributed by atoms with Crippen LogP contribution in [0.15, 0.2) is 40.6 Å². The molecule has 1 amide bonds. The number of hydrogen-bond acceptors (Lipinski definition) is 5.